The van der Waals surface area contributed by atoms with Gasteiger partial charge in [0.25, 0.3) is 0 Å². The minimum atomic E-state index is -0.164. The van der Waals surface area contributed by atoms with Crippen molar-refractivity contribution in [2.24, 2.45) is 0 Å². The van der Waals surface area contributed by atoms with Crippen molar-refractivity contribution in [3.63, 3.8) is 0 Å². The summed E-state index contributed by atoms with van der Waals surface area (Å²) in [5.74, 6) is 0. The molecule has 0 saturated carbocycles. The van der Waals surface area contributed by atoms with E-state index in [2.05, 4.69) is 70.9 Å². The van der Waals surface area contributed by atoms with Gasteiger partial charge in [-0.15, -0.1) is 0 Å². The third-order valence-electron chi connectivity index (χ3n) is 9.46. The van der Waals surface area contributed by atoms with Gasteiger partial charge in [-0.05, 0) is 132 Å². The average molecular weight is 707 g/mol. The molecule has 2 aromatic carbocycles. The summed E-state index contributed by atoms with van der Waals surface area (Å²) in [6.45, 7) is 17.3. The molecule has 0 bridgehead atoms. The average Bonchev–Trinajstić information content (AvgIpc) is 3.12. The summed E-state index contributed by atoms with van der Waals surface area (Å²) in [6, 6.07) is 15.6. The first-order valence-corrected chi connectivity index (χ1v) is 20.7. The van der Waals surface area contributed by atoms with Crippen LogP contribution in [0.15, 0.2) is 48.5 Å². The second-order valence-corrected chi connectivity index (χ2v) is 14.3. The summed E-state index contributed by atoms with van der Waals surface area (Å²) in [4.78, 5) is 30.5. The predicted octanol–water partition coefficient (Wildman–Crippen LogP) is 10.4. The Morgan fingerprint density at radius 2 is 0.843 bits per heavy atom. The number of carbonyl (C=O) groups is 2. The van der Waals surface area contributed by atoms with Crippen molar-refractivity contribution < 1.29 is 9.59 Å². The fraction of sp³-hybridized carbons (Fsp3) is 0.674. The van der Waals surface area contributed by atoms with Gasteiger partial charge in [0, 0.05) is 24.5 Å². The topological polar surface area (TPSA) is 88.7 Å². The van der Waals surface area contributed by atoms with Crippen LogP contribution in [-0.2, 0) is 6.42 Å². The normalized spacial score (nSPS) is 11.3. The third kappa shape index (κ3) is 22.4. The molecule has 4 amide bonds. The number of rotatable bonds is 30. The third-order valence-corrected chi connectivity index (χ3v) is 9.46. The van der Waals surface area contributed by atoms with Gasteiger partial charge in [0.1, 0.15) is 0 Å². The zero-order valence-electron chi connectivity index (χ0n) is 33.0. The van der Waals surface area contributed by atoms with Gasteiger partial charge in [0.15, 0.2) is 0 Å². The zero-order chi connectivity index (χ0) is 36.8. The van der Waals surface area contributed by atoms with E-state index in [9.17, 15) is 9.59 Å². The Bertz CT molecular complexity index is 1090. The molecule has 4 N–H and O–H groups in total. The first-order valence-electron chi connectivity index (χ1n) is 20.7. The van der Waals surface area contributed by atoms with Crippen LogP contribution in [0.4, 0.5) is 21.0 Å². The molecule has 0 aromatic heterocycles. The molecular weight excluding hydrogens is 633 g/mol. The van der Waals surface area contributed by atoms with Gasteiger partial charge in [-0.3, -0.25) is 0 Å². The lowest BCUT2D eigenvalue weighted by molar-refractivity contribution is 0.248. The van der Waals surface area contributed by atoms with Crippen molar-refractivity contribution in [2.45, 2.75) is 137 Å². The van der Waals surface area contributed by atoms with Crippen molar-refractivity contribution >= 4 is 23.4 Å². The Kier molecular flexibility index (Phi) is 25.5. The van der Waals surface area contributed by atoms with Crippen LogP contribution < -0.4 is 21.3 Å². The zero-order valence-corrected chi connectivity index (χ0v) is 33.0. The van der Waals surface area contributed by atoms with Gasteiger partial charge >= 0.3 is 12.1 Å². The van der Waals surface area contributed by atoms with Gasteiger partial charge in [0.05, 0.1) is 0 Å². The number of hydrogen-bond donors (Lipinski definition) is 4. The van der Waals surface area contributed by atoms with Crippen LogP contribution in [0.25, 0.3) is 0 Å². The number of urea groups is 2. The summed E-state index contributed by atoms with van der Waals surface area (Å²) in [5, 5.41) is 12.1. The largest absolute Gasteiger partial charge is 0.338 e. The lowest BCUT2D eigenvalue weighted by atomic mass is 10.0. The van der Waals surface area contributed by atoms with E-state index in [1.54, 1.807) is 0 Å². The maximum absolute atomic E-state index is 12.6. The number of nitrogens with one attached hydrogen (secondary N) is 4. The van der Waals surface area contributed by atoms with Crippen molar-refractivity contribution in [3.8, 4) is 0 Å². The molecule has 0 spiro atoms. The molecule has 288 valence electrons. The fourth-order valence-electron chi connectivity index (χ4n) is 6.39. The van der Waals surface area contributed by atoms with Gasteiger partial charge in [-0.1, -0.05) is 103 Å². The molecule has 51 heavy (non-hydrogen) atoms. The van der Waals surface area contributed by atoms with Crippen molar-refractivity contribution in [2.75, 3.05) is 63.0 Å². The molecule has 8 nitrogen and oxygen atoms in total. The molecule has 0 saturated heterocycles. The Hall–Kier alpha value is -3.10. The summed E-state index contributed by atoms with van der Waals surface area (Å²) < 4.78 is 0. The molecule has 0 unspecified atom stereocenters. The van der Waals surface area contributed by atoms with Crippen LogP contribution in [0.2, 0.25) is 0 Å². The summed E-state index contributed by atoms with van der Waals surface area (Å²) in [5.41, 5.74) is 3.75. The van der Waals surface area contributed by atoms with E-state index in [4.69, 9.17) is 0 Å². The number of anilines is 2. The number of benzene rings is 2. The molecule has 0 aliphatic heterocycles. The molecule has 2 aromatic rings. The van der Waals surface area contributed by atoms with Gasteiger partial charge in [0.2, 0.25) is 0 Å². The standard InChI is InChI=1S/C43H74N6O2/c1-5-9-13-17-31-48(29-11-7-3)33-19-15-27-44-42(50)46-40-25-21-23-38(36-40)35-39-24-22-26-41(37-39)47-43(51)45-28-16-20-34-49(30-12-8-4)32-18-14-10-6-2/h21-26,36-37H,5-20,27-35H2,1-4H3,(H2,44,46,50)(H2,45,47,51). The summed E-state index contributed by atoms with van der Waals surface area (Å²) >= 11 is 0. The maximum atomic E-state index is 12.6. The van der Waals surface area contributed by atoms with Crippen molar-refractivity contribution in [3.05, 3.63) is 59.7 Å². The number of unbranched alkanes of at least 4 members (excludes halogenated alkanes) is 10. The van der Waals surface area contributed by atoms with Gasteiger partial charge in [-0.2, -0.15) is 0 Å². The number of amides is 4. The maximum Gasteiger partial charge on any atom is 0.319 e. The predicted molar refractivity (Wildman–Crippen MR) is 219 cm³/mol. The Balaban J connectivity index is 1.70. The van der Waals surface area contributed by atoms with Crippen LogP contribution in [0, 0.1) is 0 Å². The molecule has 0 heterocycles. The second kappa shape index (κ2) is 29.5. The minimum Gasteiger partial charge on any atom is -0.338 e. The number of carbonyl (C=O) groups excluding carboxylic acids is 2. The van der Waals surface area contributed by atoms with E-state index in [0.717, 1.165) is 61.3 Å². The monoisotopic (exact) mass is 707 g/mol. The highest BCUT2D eigenvalue weighted by molar-refractivity contribution is 5.89. The van der Waals surface area contributed by atoms with Crippen LogP contribution in [0.5, 0.6) is 0 Å². The molecule has 0 radical (unpaired) electrons. The molecular formula is C43H74N6O2. The van der Waals surface area contributed by atoms with E-state index in [0.29, 0.717) is 19.5 Å². The van der Waals surface area contributed by atoms with Crippen molar-refractivity contribution in [1.82, 2.24) is 20.4 Å². The van der Waals surface area contributed by atoms with Crippen LogP contribution >= 0.6 is 0 Å². The van der Waals surface area contributed by atoms with Crippen molar-refractivity contribution in [1.29, 1.82) is 0 Å². The van der Waals surface area contributed by atoms with E-state index >= 15 is 0 Å². The van der Waals surface area contributed by atoms with E-state index < -0.39 is 0 Å². The highest BCUT2D eigenvalue weighted by Crippen LogP contribution is 2.18. The van der Waals surface area contributed by atoms with Crippen LogP contribution in [0.3, 0.4) is 0 Å². The Morgan fingerprint density at radius 1 is 0.471 bits per heavy atom. The van der Waals surface area contributed by atoms with E-state index in [1.807, 2.05) is 36.4 Å². The van der Waals surface area contributed by atoms with Crippen LogP contribution in [0.1, 0.15) is 142 Å². The molecule has 0 aliphatic rings. The fourth-order valence-corrected chi connectivity index (χ4v) is 6.39. The quantitative estimate of drug-likeness (QED) is 0.0609. The highest BCUT2D eigenvalue weighted by atomic mass is 16.2. The lowest BCUT2D eigenvalue weighted by Crippen LogP contribution is -2.31. The Labute approximate surface area is 312 Å². The second-order valence-electron chi connectivity index (χ2n) is 14.3. The smallest absolute Gasteiger partial charge is 0.319 e. The molecule has 0 aliphatic carbocycles. The lowest BCUT2D eigenvalue weighted by Gasteiger charge is -2.22. The van der Waals surface area contributed by atoms with E-state index in [1.165, 1.54) is 103 Å². The highest BCUT2D eigenvalue weighted by Gasteiger charge is 2.08. The van der Waals surface area contributed by atoms with Crippen LogP contribution in [-0.4, -0.2) is 74.2 Å². The molecule has 2 rings (SSSR count). The number of nitrogens with zero attached hydrogens (tertiary/aromatic N) is 2. The molecule has 8 heteroatoms. The summed E-state index contributed by atoms with van der Waals surface area (Å²) in [6.07, 6.45) is 20.2. The summed E-state index contributed by atoms with van der Waals surface area (Å²) in [7, 11) is 0. The van der Waals surface area contributed by atoms with E-state index in [-0.39, 0.29) is 12.1 Å². The Morgan fingerprint density at radius 3 is 1.24 bits per heavy atom. The first-order chi connectivity index (χ1) is 25.0. The molecule has 0 fully saturated rings. The van der Waals surface area contributed by atoms with Gasteiger partial charge in [-0.25, -0.2) is 9.59 Å². The number of hydrogen-bond acceptors (Lipinski definition) is 4. The SMILES string of the molecule is CCCCCCN(CCCC)CCCCNC(=O)Nc1cccc(Cc2cccc(NC(=O)NCCCCN(CCCC)CCCCCC)c2)c1. The first kappa shape index (κ1) is 44.1. The molecule has 0 atom stereocenters. The van der Waals surface area contributed by atoms with Gasteiger partial charge < -0.3 is 31.1 Å². The minimum absolute atomic E-state index is 0.164.